The summed E-state index contributed by atoms with van der Waals surface area (Å²) in [6.45, 7) is 6.70. The molecule has 0 saturated carbocycles. The highest BCUT2D eigenvalue weighted by atomic mass is 15.1. The third kappa shape index (κ3) is 2.52. The van der Waals surface area contributed by atoms with Crippen LogP contribution in [0.1, 0.15) is 22.8 Å². The van der Waals surface area contributed by atoms with Crippen molar-refractivity contribution in [1.29, 1.82) is 0 Å². The second kappa shape index (κ2) is 5.40. The smallest absolute Gasteiger partial charge is 0.161 e. The van der Waals surface area contributed by atoms with Gasteiger partial charge in [0.05, 0.1) is 11.4 Å². The number of nitrogens with one attached hydrogen (secondary N) is 2. The lowest BCUT2D eigenvalue weighted by Gasteiger charge is -2.12. The summed E-state index contributed by atoms with van der Waals surface area (Å²) < 4.78 is 1.97. The average molecular weight is 282 g/mol. The zero-order valence-corrected chi connectivity index (χ0v) is 12.4. The number of H-pyrrole nitrogens is 1. The molecule has 3 aromatic heterocycles. The predicted octanol–water partition coefficient (Wildman–Crippen LogP) is 2.53. The zero-order chi connectivity index (χ0) is 14.8. The average Bonchev–Trinajstić information content (AvgIpc) is 3.04. The molecule has 0 aliphatic rings. The van der Waals surface area contributed by atoms with Gasteiger partial charge in [0.2, 0.25) is 0 Å². The molecule has 6 heteroatoms. The van der Waals surface area contributed by atoms with Crippen LogP contribution < -0.4 is 5.32 Å². The Hall–Kier alpha value is -2.63. The van der Waals surface area contributed by atoms with Crippen LogP contribution in [0.5, 0.6) is 0 Å². The minimum absolute atomic E-state index is 0.709. The molecule has 108 valence electrons. The van der Waals surface area contributed by atoms with E-state index in [1.807, 2.05) is 43.7 Å². The van der Waals surface area contributed by atoms with Crippen LogP contribution in [0, 0.1) is 20.8 Å². The molecule has 0 radical (unpaired) electrons. The molecule has 3 aromatic rings. The summed E-state index contributed by atoms with van der Waals surface area (Å²) in [6.07, 6.45) is 5.48. The van der Waals surface area contributed by atoms with Gasteiger partial charge in [-0.25, -0.2) is 9.97 Å². The number of aryl methyl sites for hydroxylation is 3. The molecule has 0 unspecified atom stereocenters. The van der Waals surface area contributed by atoms with Gasteiger partial charge in [-0.3, -0.25) is 9.67 Å². The SMILES string of the molecule is Cc1n[nH]c(C)c1CNc1cccnc1-n1ccnc1C. The fraction of sp³-hybridized carbons (Fsp3) is 0.267. The van der Waals surface area contributed by atoms with Crippen molar-refractivity contribution in [1.82, 2.24) is 24.7 Å². The van der Waals surface area contributed by atoms with Gasteiger partial charge < -0.3 is 5.32 Å². The molecule has 0 aliphatic heterocycles. The molecule has 0 saturated heterocycles. The highest BCUT2D eigenvalue weighted by Gasteiger charge is 2.10. The topological polar surface area (TPSA) is 71.4 Å². The minimum Gasteiger partial charge on any atom is -0.378 e. The summed E-state index contributed by atoms with van der Waals surface area (Å²) in [4.78, 5) is 8.72. The zero-order valence-electron chi connectivity index (χ0n) is 12.4. The van der Waals surface area contributed by atoms with Crippen LogP contribution in [0.3, 0.4) is 0 Å². The Balaban J connectivity index is 1.89. The fourth-order valence-corrected chi connectivity index (χ4v) is 2.35. The van der Waals surface area contributed by atoms with Crippen LogP contribution in [0.4, 0.5) is 5.69 Å². The number of pyridine rings is 1. The van der Waals surface area contributed by atoms with E-state index in [0.717, 1.165) is 28.7 Å². The molecule has 21 heavy (non-hydrogen) atoms. The Morgan fingerprint density at radius 2 is 2.05 bits per heavy atom. The Labute approximate surface area is 123 Å². The van der Waals surface area contributed by atoms with Gasteiger partial charge in [-0.15, -0.1) is 0 Å². The summed E-state index contributed by atoms with van der Waals surface area (Å²) >= 11 is 0. The number of hydrogen-bond acceptors (Lipinski definition) is 4. The molecular weight excluding hydrogens is 264 g/mol. The highest BCUT2D eigenvalue weighted by Crippen LogP contribution is 2.20. The first-order chi connectivity index (χ1) is 10.2. The number of hydrogen-bond donors (Lipinski definition) is 2. The molecule has 0 aliphatic carbocycles. The minimum atomic E-state index is 0.709. The van der Waals surface area contributed by atoms with Gasteiger partial charge in [0.25, 0.3) is 0 Å². The van der Waals surface area contributed by atoms with Gasteiger partial charge in [-0.2, -0.15) is 5.10 Å². The van der Waals surface area contributed by atoms with Crippen LogP contribution in [0.2, 0.25) is 0 Å². The molecule has 0 fully saturated rings. The summed E-state index contributed by atoms with van der Waals surface area (Å²) in [7, 11) is 0. The lowest BCUT2D eigenvalue weighted by Crippen LogP contribution is -2.07. The first kappa shape index (κ1) is 13.4. The van der Waals surface area contributed by atoms with Crippen LogP contribution in [0.15, 0.2) is 30.7 Å². The maximum atomic E-state index is 4.46. The first-order valence-corrected chi connectivity index (χ1v) is 6.86. The van der Waals surface area contributed by atoms with E-state index in [0.29, 0.717) is 6.54 Å². The van der Waals surface area contributed by atoms with E-state index in [-0.39, 0.29) is 0 Å². The van der Waals surface area contributed by atoms with E-state index in [2.05, 4.69) is 25.5 Å². The molecule has 0 amide bonds. The normalized spacial score (nSPS) is 10.8. The fourth-order valence-electron chi connectivity index (χ4n) is 2.35. The summed E-state index contributed by atoms with van der Waals surface area (Å²) in [5.41, 5.74) is 4.26. The molecule has 3 heterocycles. The van der Waals surface area contributed by atoms with E-state index in [4.69, 9.17) is 0 Å². The molecule has 3 rings (SSSR count). The maximum absolute atomic E-state index is 4.46. The molecule has 2 N–H and O–H groups in total. The summed E-state index contributed by atoms with van der Waals surface area (Å²) in [6, 6.07) is 3.94. The van der Waals surface area contributed by atoms with E-state index in [9.17, 15) is 0 Å². The first-order valence-electron chi connectivity index (χ1n) is 6.86. The molecule has 0 spiro atoms. The third-order valence-corrected chi connectivity index (χ3v) is 3.58. The summed E-state index contributed by atoms with van der Waals surface area (Å²) in [5.74, 6) is 1.76. The summed E-state index contributed by atoms with van der Waals surface area (Å²) in [5, 5.41) is 10.7. The van der Waals surface area contributed by atoms with E-state index < -0.39 is 0 Å². The van der Waals surface area contributed by atoms with Crippen molar-refractivity contribution in [3.63, 3.8) is 0 Å². The van der Waals surface area contributed by atoms with E-state index >= 15 is 0 Å². The Bertz CT molecular complexity index is 736. The Morgan fingerprint density at radius 3 is 2.71 bits per heavy atom. The van der Waals surface area contributed by atoms with Gasteiger partial charge in [0.15, 0.2) is 5.82 Å². The van der Waals surface area contributed by atoms with E-state index in [1.54, 1.807) is 12.4 Å². The number of aromatic nitrogens is 5. The van der Waals surface area contributed by atoms with Crippen molar-refractivity contribution >= 4 is 5.69 Å². The quantitative estimate of drug-likeness (QED) is 0.771. The van der Waals surface area contributed by atoms with Gasteiger partial charge in [0, 0.05) is 36.4 Å². The van der Waals surface area contributed by atoms with Gasteiger partial charge in [-0.05, 0) is 32.9 Å². The van der Waals surface area contributed by atoms with Gasteiger partial charge >= 0.3 is 0 Å². The number of anilines is 1. The molecular formula is C15H18N6. The van der Waals surface area contributed by atoms with E-state index in [1.165, 1.54) is 5.56 Å². The predicted molar refractivity (Wildman–Crippen MR) is 81.5 cm³/mol. The standard InChI is InChI=1S/C15H18N6/c1-10-13(11(2)20-19-10)9-18-14-5-4-6-17-15(14)21-8-7-16-12(21)3/h4-8,18H,9H2,1-3H3,(H,19,20). The van der Waals surface area contributed by atoms with Crippen molar-refractivity contribution in [2.24, 2.45) is 0 Å². The van der Waals surface area contributed by atoms with Gasteiger partial charge in [-0.1, -0.05) is 0 Å². The Morgan fingerprint density at radius 1 is 1.19 bits per heavy atom. The molecule has 0 bridgehead atoms. The van der Waals surface area contributed by atoms with Crippen LogP contribution >= 0.6 is 0 Å². The maximum Gasteiger partial charge on any atom is 0.161 e. The highest BCUT2D eigenvalue weighted by molar-refractivity contribution is 5.57. The van der Waals surface area contributed by atoms with Crippen LogP contribution in [0.25, 0.3) is 5.82 Å². The molecule has 0 aromatic carbocycles. The Kier molecular flexibility index (Phi) is 3.43. The largest absolute Gasteiger partial charge is 0.378 e. The second-order valence-corrected chi connectivity index (χ2v) is 4.99. The second-order valence-electron chi connectivity index (χ2n) is 4.99. The van der Waals surface area contributed by atoms with Crippen molar-refractivity contribution in [3.8, 4) is 5.82 Å². The van der Waals surface area contributed by atoms with Crippen molar-refractivity contribution in [2.45, 2.75) is 27.3 Å². The third-order valence-electron chi connectivity index (χ3n) is 3.58. The molecule has 0 atom stereocenters. The van der Waals surface area contributed by atoms with Crippen molar-refractivity contribution in [2.75, 3.05) is 5.32 Å². The van der Waals surface area contributed by atoms with Gasteiger partial charge in [0.1, 0.15) is 5.82 Å². The number of rotatable bonds is 4. The number of imidazole rings is 1. The number of aromatic amines is 1. The lowest BCUT2D eigenvalue weighted by molar-refractivity contribution is 0.928. The molecule has 6 nitrogen and oxygen atoms in total. The van der Waals surface area contributed by atoms with Crippen molar-refractivity contribution < 1.29 is 0 Å². The van der Waals surface area contributed by atoms with Crippen molar-refractivity contribution in [3.05, 3.63) is 53.5 Å². The van der Waals surface area contributed by atoms with Crippen LogP contribution in [-0.4, -0.2) is 24.7 Å². The number of nitrogens with zero attached hydrogens (tertiary/aromatic N) is 4. The lowest BCUT2D eigenvalue weighted by atomic mass is 10.2. The monoisotopic (exact) mass is 282 g/mol. The van der Waals surface area contributed by atoms with Crippen LogP contribution in [-0.2, 0) is 6.54 Å².